The maximum Gasteiger partial charge on any atom is 0.253 e. The van der Waals surface area contributed by atoms with Crippen molar-refractivity contribution in [3.63, 3.8) is 0 Å². The Morgan fingerprint density at radius 1 is 1.44 bits per heavy atom. The van der Waals surface area contributed by atoms with E-state index in [4.69, 9.17) is 23.2 Å². The van der Waals surface area contributed by atoms with Crippen molar-refractivity contribution in [2.45, 2.75) is 25.8 Å². The summed E-state index contributed by atoms with van der Waals surface area (Å²) in [6.45, 7) is 3.89. The molecular weight excluding hydrogens is 245 g/mol. The third-order valence-corrected chi connectivity index (χ3v) is 3.53. The third kappa shape index (κ3) is 3.13. The molecule has 16 heavy (non-hydrogen) atoms. The molecule has 1 unspecified atom stereocenters. The number of carbonyl (C=O) groups excluding carboxylic acids is 1. The highest BCUT2D eigenvalue weighted by Crippen LogP contribution is 2.17. The lowest BCUT2D eigenvalue weighted by Gasteiger charge is -2.27. The number of benzene rings is 1. The van der Waals surface area contributed by atoms with E-state index in [1.54, 1.807) is 24.3 Å². The van der Waals surface area contributed by atoms with E-state index in [1.807, 2.05) is 13.8 Å². The van der Waals surface area contributed by atoms with Crippen LogP contribution in [0.2, 0.25) is 5.02 Å². The van der Waals surface area contributed by atoms with Gasteiger partial charge in [0.05, 0.1) is 16.1 Å². The van der Waals surface area contributed by atoms with Crippen molar-refractivity contribution in [1.29, 1.82) is 0 Å². The van der Waals surface area contributed by atoms with Crippen LogP contribution in [0.5, 0.6) is 0 Å². The summed E-state index contributed by atoms with van der Waals surface area (Å²) in [5, 5.41) is 3.35. The monoisotopic (exact) mass is 259 g/mol. The molecular formula is C12H15Cl2NO. The van der Waals surface area contributed by atoms with Gasteiger partial charge in [-0.1, -0.05) is 30.7 Å². The number of amides is 1. The molecule has 0 aliphatic rings. The largest absolute Gasteiger partial charge is 0.346 e. The average Bonchev–Trinajstić information content (AvgIpc) is 2.29. The van der Waals surface area contributed by atoms with Crippen LogP contribution in [0.4, 0.5) is 0 Å². The Kier molecular flexibility index (Phi) is 4.63. The summed E-state index contributed by atoms with van der Waals surface area (Å²) in [4.78, 5) is 11.9. The summed E-state index contributed by atoms with van der Waals surface area (Å²) >= 11 is 11.8. The fourth-order valence-corrected chi connectivity index (χ4v) is 1.68. The molecule has 4 heteroatoms. The maximum atomic E-state index is 11.9. The fraction of sp³-hybridized carbons (Fsp3) is 0.417. The molecule has 1 amide bonds. The molecule has 0 aliphatic carbocycles. The molecule has 0 fully saturated rings. The fourth-order valence-electron chi connectivity index (χ4n) is 1.20. The Bertz CT molecular complexity index is 375. The number of hydrogen-bond acceptors (Lipinski definition) is 1. The second-order valence-corrected chi connectivity index (χ2v) is 4.66. The molecule has 1 atom stereocenters. The first-order chi connectivity index (χ1) is 7.52. The van der Waals surface area contributed by atoms with E-state index in [9.17, 15) is 4.79 Å². The first kappa shape index (κ1) is 13.3. The molecule has 0 saturated carbocycles. The Balaban J connectivity index is 2.84. The van der Waals surface area contributed by atoms with Gasteiger partial charge >= 0.3 is 0 Å². The van der Waals surface area contributed by atoms with Gasteiger partial charge < -0.3 is 5.32 Å². The van der Waals surface area contributed by atoms with Crippen LogP contribution in [-0.2, 0) is 0 Å². The smallest absolute Gasteiger partial charge is 0.253 e. The first-order valence-corrected chi connectivity index (χ1v) is 6.06. The molecule has 1 aromatic carbocycles. The minimum absolute atomic E-state index is 0.185. The molecule has 0 aliphatic heterocycles. The summed E-state index contributed by atoms with van der Waals surface area (Å²) < 4.78 is 0. The summed E-state index contributed by atoms with van der Waals surface area (Å²) in [6.07, 6.45) is 0.771. The highest BCUT2D eigenvalue weighted by Gasteiger charge is 2.24. The minimum atomic E-state index is -0.391. The summed E-state index contributed by atoms with van der Waals surface area (Å²) in [6, 6.07) is 6.97. The topological polar surface area (TPSA) is 29.1 Å². The highest BCUT2D eigenvalue weighted by molar-refractivity contribution is 6.33. The second-order valence-electron chi connectivity index (χ2n) is 3.98. The SMILES string of the molecule is CCC(C)(CCl)NC(=O)c1ccccc1Cl. The van der Waals surface area contributed by atoms with Crippen molar-refractivity contribution in [2.24, 2.45) is 0 Å². The van der Waals surface area contributed by atoms with Crippen molar-refractivity contribution in [3.05, 3.63) is 34.9 Å². The highest BCUT2D eigenvalue weighted by atomic mass is 35.5. The predicted molar refractivity (Wildman–Crippen MR) is 68.3 cm³/mol. The lowest BCUT2D eigenvalue weighted by molar-refractivity contribution is 0.0912. The van der Waals surface area contributed by atoms with Gasteiger partial charge in [-0.25, -0.2) is 0 Å². The molecule has 0 heterocycles. The van der Waals surface area contributed by atoms with Crippen LogP contribution in [-0.4, -0.2) is 17.3 Å². The Labute approximate surface area is 106 Å². The van der Waals surface area contributed by atoms with Gasteiger partial charge in [-0.2, -0.15) is 0 Å². The zero-order valence-corrected chi connectivity index (χ0v) is 10.9. The molecule has 1 rings (SSSR count). The number of halogens is 2. The van der Waals surface area contributed by atoms with Crippen LogP contribution in [0.15, 0.2) is 24.3 Å². The van der Waals surface area contributed by atoms with Gasteiger partial charge in [-0.15, -0.1) is 11.6 Å². The van der Waals surface area contributed by atoms with E-state index >= 15 is 0 Å². The summed E-state index contributed by atoms with van der Waals surface area (Å²) in [5.41, 5.74) is 0.0895. The lowest BCUT2D eigenvalue weighted by atomic mass is 10.0. The van der Waals surface area contributed by atoms with Crippen LogP contribution >= 0.6 is 23.2 Å². The second kappa shape index (κ2) is 5.55. The van der Waals surface area contributed by atoms with Crippen molar-refractivity contribution in [3.8, 4) is 0 Å². The molecule has 0 spiro atoms. The molecule has 0 bridgehead atoms. The van der Waals surface area contributed by atoms with Crippen molar-refractivity contribution < 1.29 is 4.79 Å². The number of carbonyl (C=O) groups is 1. The normalized spacial score (nSPS) is 14.2. The Morgan fingerprint density at radius 3 is 2.56 bits per heavy atom. The molecule has 1 N–H and O–H groups in total. The van der Waals surface area contributed by atoms with Crippen LogP contribution < -0.4 is 5.32 Å². The van der Waals surface area contributed by atoms with Gasteiger partial charge in [0, 0.05) is 5.88 Å². The van der Waals surface area contributed by atoms with E-state index in [0.29, 0.717) is 16.5 Å². The van der Waals surface area contributed by atoms with Crippen LogP contribution in [0.1, 0.15) is 30.6 Å². The molecule has 88 valence electrons. The predicted octanol–water partition coefficient (Wildman–Crippen LogP) is 3.48. The zero-order chi connectivity index (χ0) is 12.2. The number of alkyl halides is 1. The number of nitrogens with one attached hydrogen (secondary N) is 1. The molecule has 0 saturated heterocycles. The Hall–Kier alpha value is -0.730. The molecule has 1 aromatic rings. The quantitative estimate of drug-likeness (QED) is 0.825. The molecule has 2 nitrogen and oxygen atoms in total. The summed E-state index contributed by atoms with van der Waals surface area (Å²) in [5.74, 6) is 0.190. The van der Waals surface area contributed by atoms with Crippen molar-refractivity contribution in [1.82, 2.24) is 5.32 Å². The van der Waals surface area contributed by atoms with Gasteiger partial charge in [0.1, 0.15) is 0 Å². The van der Waals surface area contributed by atoms with Crippen LogP contribution in [0.25, 0.3) is 0 Å². The number of rotatable bonds is 4. The Morgan fingerprint density at radius 2 is 2.06 bits per heavy atom. The standard InChI is InChI=1S/C12H15Cl2NO/c1-3-12(2,8-13)15-11(16)9-6-4-5-7-10(9)14/h4-7H,3,8H2,1-2H3,(H,15,16). The van der Waals surface area contributed by atoms with E-state index in [2.05, 4.69) is 5.32 Å². The summed E-state index contributed by atoms with van der Waals surface area (Å²) in [7, 11) is 0. The maximum absolute atomic E-state index is 11.9. The van der Waals surface area contributed by atoms with Gasteiger partial charge in [0.15, 0.2) is 0 Å². The third-order valence-electron chi connectivity index (χ3n) is 2.61. The van der Waals surface area contributed by atoms with E-state index in [-0.39, 0.29) is 5.91 Å². The molecule has 0 radical (unpaired) electrons. The van der Waals surface area contributed by atoms with E-state index in [1.165, 1.54) is 0 Å². The van der Waals surface area contributed by atoms with Gasteiger partial charge in [-0.05, 0) is 25.5 Å². The van der Waals surface area contributed by atoms with Crippen LogP contribution in [0.3, 0.4) is 0 Å². The van der Waals surface area contributed by atoms with Crippen molar-refractivity contribution in [2.75, 3.05) is 5.88 Å². The number of hydrogen-bond donors (Lipinski definition) is 1. The van der Waals surface area contributed by atoms with Gasteiger partial charge in [-0.3, -0.25) is 4.79 Å². The van der Waals surface area contributed by atoms with Crippen LogP contribution in [0, 0.1) is 0 Å². The van der Waals surface area contributed by atoms with Gasteiger partial charge in [0.25, 0.3) is 5.91 Å². The van der Waals surface area contributed by atoms with E-state index in [0.717, 1.165) is 6.42 Å². The first-order valence-electron chi connectivity index (χ1n) is 5.15. The lowest BCUT2D eigenvalue weighted by Crippen LogP contribution is -2.47. The van der Waals surface area contributed by atoms with E-state index < -0.39 is 5.54 Å². The van der Waals surface area contributed by atoms with Crippen molar-refractivity contribution >= 4 is 29.1 Å². The zero-order valence-electron chi connectivity index (χ0n) is 9.39. The molecule has 0 aromatic heterocycles. The average molecular weight is 260 g/mol. The van der Waals surface area contributed by atoms with Gasteiger partial charge in [0.2, 0.25) is 0 Å². The minimum Gasteiger partial charge on any atom is -0.346 e.